The Labute approximate surface area is 55.6 Å². The first-order valence-electron chi connectivity index (χ1n) is 3.43. The summed E-state index contributed by atoms with van der Waals surface area (Å²) in [6, 6.07) is 0.433. The lowest BCUT2D eigenvalue weighted by Gasteiger charge is -2.01. The second-order valence-electron chi connectivity index (χ2n) is 2.70. The molecule has 1 fully saturated rings. The number of aliphatic hydroxyl groups excluding tert-OH is 1. The molecule has 1 rings (SSSR count). The van der Waals surface area contributed by atoms with Crippen LogP contribution in [0.15, 0.2) is 4.99 Å². The highest BCUT2D eigenvalue weighted by molar-refractivity contribution is 5.24. The molecule has 2 nitrogen and oxygen atoms in total. The lowest BCUT2D eigenvalue weighted by molar-refractivity contribution is 0.229. The van der Waals surface area contributed by atoms with Crippen LogP contribution >= 0.6 is 0 Å². The average Bonchev–Trinajstić information content (AvgIpc) is 2.34. The van der Waals surface area contributed by atoms with Crippen LogP contribution in [-0.2, 0) is 0 Å². The van der Waals surface area contributed by atoms with E-state index in [-0.39, 0.29) is 0 Å². The molecule has 52 valence electrons. The van der Waals surface area contributed by atoms with Crippen LogP contribution in [0.5, 0.6) is 0 Å². The van der Waals surface area contributed by atoms with Crippen molar-refractivity contribution < 1.29 is 5.11 Å². The molecule has 1 aliphatic rings. The third-order valence-electron chi connectivity index (χ3n) is 2.03. The second-order valence-corrected chi connectivity index (χ2v) is 2.70. The van der Waals surface area contributed by atoms with Gasteiger partial charge in [0.15, 0.2) is 0 Å². The zero-order chi connectivity index (χ0) is 6.69. The molecule has 1 saturated carbocycles. The normalized spacial score (nSPS) is 34.8. The van der Waals surface area contributed by atoms with Gasteiger partial charge in [0, 0.05) is 12.6 Å². The third kappa shape index (κ3) is 1.52. The minimum absolute atomic E-state index is 0.325. The van der Waals surface area contributed by atoms with Crippen LogP contribution in [0, 0.1) is 5.92 Å². The summed E-state index contributed by atoms with van der Waals surface area (Å²) in [6.07, 6.45) is 3.29. The molecule has 0 aliphatic heterocycles. The van der Waals surface area contributed by atoms with Gasteiger partial charge in [-0.05, 0) is 31.9 Å². The maximum absolute atomic E-state index is 8.72. The van der Waals surface area contributed by atoms with Gasteiger partial charge in [-0.25, -0.2) is 0 Å². The van der Waals surface area contributed by atoms with Gasteiger partial charge in [-0.15, -0.1) is 0 Å². The second kappa shape index (κ2) is 2.97. The molecule has 0 aromatic carbocycles. The maximum Gasteiger partial charge on any atom is 0.0496 e. The number of hydrogen-bond donors (Lipinski definition) is 1. The highest BCUT2D eigenvalue weighted by Crippen LogP contribution is 2.26. The lowest BCUT2D eigenvalue weighted by Crippen LogP contribution is -2.02. The predicted molar refractivity (Wildman–Crippen MR) is 37.8 cm³/mol. The first-order chi connectivity index (χ1) is 4.36. The summed E-state index contributed by atoms with van der Waals surface area (Å²) < 4.78 is 0. The van der Waals surface area contributed by atoms with E-state index in [1.807, 2.05) is 0 Å². The molecule has 1 aliphatic carbocycles. The van der Waals surface area contributed by atoms with Crippen molar-refractivity contribution in [3.63, 3.8) is 0 Å². The number of aliphatic imine (C=N–C) groups is 1. The minimum atomic E-state index is 0.325. The van der Waals surface area contributed by atoms with Crippen molar-refractivity contribution in [1.82, 2.24) is 0 Å². The molecule has 1 N–H and O–H groups in total. The smallest absolute Gasteiger partial charge is 0.0496 e. The molecule has 0 radical (unpaired) electrons. The summed E-state index contributed by atoms with van der Waals surface area (Å²) in [5.41, 5.74) is 0. The molecular weight excluding hydrogens is 114 g/mol. The topological polar surface area (TPSA) is 32.6 Å². The van der Waals surface area contributed by atoms with E-state index in [2.05, 4.69) is 11.7 Å². The summed E-state index contributed by atoms with van der Waals surface area (Å²) in [4.78, 5) is 3.92. The molecule has 0 aromatic rings. The first kappa shape index (κ1) is 6.75. The van der Waals surface area contributed by atoms with Gasteiger partial charge in [-0.3, -0.25) is 4.99 Å². The fourth-order valence-electron chi connectivity index (χ4n) is 1.38. The fraction of sp³-hybridized carbons (Fsp3) is 0.857. The van der Waals surface area contributed by atoms with E-state index in [9.17, 15) is 0 Å². The van der Waals surface area contributed by atoms with E-state index < -0.39 is 0 Å². The molecule has 0 bridgehead atoms. The molecule has 0 amide bonds. The van der Waals surface area contributed by atoms with Gasteiger partial charge >= 0.3 is 0 Å². The molecule has 2 atom stereocenters. The van der Waals surface area contributed by atoms with Crippen molar-refractivity contribution in [2.75, 3.05) is 6.61 Å². The van der Waals surface area contributed by atoms with E-state index in [1.165, 1.54) is 0 Å². The molecule has 0 saturated heterocycles. The Kier molecular flexibility index (Phi) is 2.22. The molecule has 0 aromatic heterocycles. The quantitative estimate of drug-likeness (QED) is 0.548. The maximum atomic E-state index is 8.72. The van der Waals surface area contributed by atoms with E-state index in [4.69, 9.17) is 5.11 Å². The summed E-state index contributed by atoms with van der Waals surface area (Å²) in [7, 11) is 0. The van der Waals surface area contributed by atoms with Crippen LogP contribution in [0.1, 0.15) is 19.3 Å². The van der Waals surface area contributed by atoms with Crippen molar-refractivity contribution in [2.45, 2.75) is 25.3 Å². The van der Waals surface area contributed by atoms with Gasteiger partial charge in [0.1, 0.15) is 0 Å². The fourth-order valence-corrected chi connectivity index (χ4v) is 1.38. The Bertz CT molecular complexity index is 103. The Morgan fingerprint density at radius 1 is 1.56 bits per heavy atom. The van der Waals surface area contributed by atoms with Gasteiger partial charge in [-0.2, -0.15) is 0 Å². The van der Waals surface area contributed by atoms with Crippen molar-refractivity contribution in [2.24, 2.45) is 10.9 Å². The SMILES string of the molecule is C=N[C@H]1CC[C@@H](CO)C1. The molecule has 2 heteroatoms. The first-order valence-corrected chi connectivity index (χ1v) is 3.43. The highest BCUT2D eigenvalue weighted by atomic mass is 16.3. The van der Waals surface area contributed by atoms with E-state index >= 15 is 0 Å². The van der Waals surface area contributed by atoms with Gasteiger partial charge < -0.3 is 5.11 Å². The van der Waals surface area contributed by atoms with Crippen LogP contribution in [-0.4, -0.2) is 24.5 Å². The van der Waals surface area contributed by atoms with Crippen LogP contribution in [0.3, 0.4) is 0 Å². The predicted octanol–water partition coefficient (Wildman–Crippen LogP) is 0.848. The largest absolute Gasteiger partial charge is 0.396 e. The Morgan fingerprint density at radius 3 is 2.67 bits per heavy atom. The third-order valence-corrected chi connectivity index (χ3v) is 2.03. The van der Waals surface area contributed by atoms with Crippen LogP contribution in [0.2, 0.25) is 0 Å². The van der Waals surface area contributed by atoms with Gasteiger partial charge in [0.2, 0.25) is 0 Å². The number of aliphatic hydroxyl groups is 1. The summed E-state index contributed by atoms with van der Waals surface area (Å²) in [5.74, 6) is 0.500. The number of hydrogen-bond acceptors (Lipinski definition) is 2. The standard InChI is InChI=1S/C7H13NO/c1-8-7-3-2-6(4-7)5-9/h6-7,9H,1-5H2/t6-,7+/m1/s1. The lowest BCUT2D eigenvalue weighted by atomic mass is 10.1. The van der Waals surface area contributed by atoms with Crippen molar-refractivity contribution in [3.05, 3.63) is 0 Å². The molecule has 0 unspecified atom stereocenters. The molecule has 9 heavy (non-hydrogen) atoms. The van der Waals surface area contributed by atoms with Gasteiger partial charge in [0.25, 0.3) is 0 Å². The summed E-state index contributed by atoms with van der Waals surface area (Å²) in [6.45, 7) is 3.81. The van der Waals surface area contributed by atoms with Crippen LogP contribution in [0.4, 0.5) is 0 Å². The van der Waals surface area contributed by atoms with E-state index in [1.54, 1.807) is 0 Å². The average molecular weight is 127 g/mol. The molecular formula is C7H13NO. The number of nitrogens with zero attached hydrogens (tertiary/aromatic N) is 1. The molecule has 0 heterocycles. The van der Waals surface area contributed by atoms with Crippen molar-refractivity contribution in [1.29, 1.82) is 0 Å². The monoisotopic (exact) mass is 127 g/mol. The van der Waals surface area contributed by atoms with Crippen LogP contribution < -0.4 is 0 Å². The van der Waals surface area contributed by atoms with Gasteiger partial charge in [-0.1, -0.05) is 0 Å². The Balaban J connectivity index is 2.28. The highest BCUT2D eigenvalue weighted by Gasteiger charge is 2.22. The van der Waals surface area contributed by atoms with E-state index in [0.29, 0.717) is 18.6 Å². The van der Waals surface area contributed by atoms with Crippen molar-refractivity contribution >= 4 is 6.72 Å². The Morgan fingerprint density at radius 2 is 2.33 bits per heavy atom. The van der Waals surface area contributed by atoms with Gasteiger partial charge in [0.05, 0.1) is 0 Å². The van der Waals surface area contributed by atoms with Crippen LogP contribution in [0.25, 0.3) is 0 Å². The molecule has 0 spiro atoms. The zero-order valence-electron chi connectivity index (χ0n) is 5.58. The van der Waals surface area contributed by atoms with E-state index in [0.717, 1.165) is 19.3 Å². The minimum Gasteiger partial charge on any atom is -0.396 e. The van der Waals surface area contributed by atoms with Crippen molar-refractivity contribution in [3.8, 4) is 0 Å². The Hall–Kier alpha value is -0.370. The zero-order valence-corrected chi connectivity index (χ0v) is 5.58. The summed E-state index contributed by atoms with van der Waals surface area (Å²) >= 11 is 0. The number of rotatable bonds is 2. The summed E-state index contributed by atoms with van der Waals surface area (Å²) in [5, 5.41) is 8.72.